The van der Waals surface area contributed by atoms with Gasteiger partial charge in [-0.2, -0.15) is 0 Å². The molecule has 2 aromatic carbocycles. The lowest BCUT2D eigenvalue weighted by Crippen LogP contribution is -2.49. The van der Waals surface area contributed by atoms with E-state index in [2.05, 4.69) is 30.6 Å². The van der Waals surface area contributed by atoms with Crippen LogP contribution in [-0.4, -0.2) is 45.0 Å². The number of hydrogen-bond acceptors (Lipinski definition) is 7. The molecule has 40 heavy (non-hydrogen) atoms. The van der Waals surface area contributed by atoms with Crippen LogP contribution in [0.1, 0.15) is 28.8 Å². The maximum Gasteiger partial charge on any atom is 0.262 e. The molecule has 1 atom stereocenters. The molecule has 1 aliphatic rings. The Kier molecular flexibility index (Phi) is 7.11. The first-order valence-electron chi connectivity index (χ1n) is 13.3. The number of aryl methyl sites for hydroxylation is 1. The molecule has 1 saturated heterocycles. The molecule has 0 unspecified atom stereocenters. The third-order valence-electron chi connectivity index (χ3n) is 7.13. The summed E-state index contributed by atoms with van der Waals surface area (Å²) in [6, 6.07) is 17.7. The second-order valence-electron chi connectivity index (χ2n) is 9.81. The summed E-state index contributed by atoms with van der Waals surface area (Å²) in [4.78, 5) is 33.3. The van der Waals surface area contributed by atoms with Gasteiger partial charge < -0.3 is 10.6 Å². The van der Waals surface area contributed by atoms with E-state index in [4.69, 9.17) is 0 Å². The lowest BCUT2D eigenvalue weighted by molar-refractivity contribution is 0.0968. The molecule has 9 heteroatoms. The van der Waals surface area contributed by atoms with Gasteiger partial charge in [-0.15, -0.1) is 0 Å². The van der Waals surface area contributed by atoms with Crippen molar-refractivity contribution < 1.29 is 9.18 Å². The number of nitrogens with zero attached hydrogens (tertiary/aromatic N) is 5. The number of halogens is 1. The Bertz CT molecular complexity index is 1670. The molecule has 6 rings (SSSR count). The van der Waals surface area contributed by atoms with Crippen LogP contribution in [0, 0.1) is 12.7 Å². The third kappa shape index (κ3) is 5.11. The molecule has 8 nitrogen and oxygen atoms in total. The van der Waals surface area contributed by atoms with Gasteiger partial charge in [-0.3, -0.25) is 14.7 Å². The number of piperidine rings is 1. The standard InChI is InChI=1S/C31H28FN7O/c1-20-5-2-6-21-11-15-35-29(28(20)21)39(24-8-4-14-34-19-24)30(40)25-10-9-23(17-26(25)32)37-31-36-16-12-27(38-31)22-7-3-13-33-18-22/h2-3,5-7,9-13,15-18,24,34H,4,8,14,19H2,1H3,(H,36,37,38)/t24-/m1/s1. The normalized spacial score (nSPS) is 15.1. The van der Waals surface area contributed by atoms with Crippen molar-refractivity contribution in [2.24, 2.45) is 0 Å². The minimum Gasteiger partial charge on any atom is -0.324 e. The Balaban J connectivity index is 1.32. The molecule has 5 aromatic rings. The number of anilines is 3. The number of aromatic nitrogens is 4. The van der Waals surface area contributed by atoms with Crippen LogP contribution >= 0.6 is 0 Å². The predicted octanol–water partition coefficient (Wildman–Crippen LogP) is 5.68. The number of fused-ring (bicyclic) bond motifs is 1. The number of pyridine rings is 2. The quantitative estimate of drug-likeness (QED) is 0.290. The van der Waals surface area contributed by atoms with Crippen molar-refractivity contribution in [2.75, 3.05) is 23.3 Å². The monoisotopic (exact) mass is 533 g/mol. The molecule has 0 radical (unpaired) electrons. The van der Waals surface area contributed by atoms with Crippen LogP contribution in [0.5, 0.6) is 0 Å². The molecule has 0 saturated carbocycles. The van der Waals surface area contributed by atoms with Crippen molar-refractivity contribution in [3.8, 4) is 11.3 Å². The highest BCUT2D eigenvalue weighted by molar-refractivity contribution is 6.11. The fraction of sp³-hybridized carbons (Fsp3) is 0.194. The first-order chi connectivity index (χ1) is 19.6. The lowest BCUT2D eigenvalue weighted by Gasteiger charge is -2.35. The van der Waals surface area contributed by atoms with Gasteiger partial charge in [0.2, 0.25) is 5.95 Å². The van der Waals surface area contributed by atoms with E-state index in [0.29, 0.717) is 29.7 Å². The number of benzene rings is 2. The van der Waals surface area contributed by atoms with Crippen molar-refractivity contribution in [2.45, 2.75) is 25.8 Å². The van der Waals surface area contributed by atoms with Gasteiger partial charge in [-0.1, -0.05) is 18.2 Å². The van der Waals surface area contributed by atoms with Crippen LogP contribution in [0.3, 0.4) is 0 Å². The SMILES string of the molecule is Cc1cccc2ccnc(N(C(=O)c3ccc(Nc4nccc(-c5cccnc5)n4)cc3F)[C@@H]3CCCNC3)c12. The van der Waals surface area contributed by atoms with E-state index in [9.17, 15) is 4.79 Å². The summed E-state index contributed by atoms with van der Waals surface area (Å²) in [7, 11) is 0. The summed E-state index contributed by atoms with van der Waals surface area (Å²) in [6.45, 7) is 3.50. The van der Waals surface area contributed by atoms with E-state index in [1.54, 1.807) is 41.8 Å². The van der Waals surface area contributed by atoms with Crippen LogP contribution in [0.15, 0.2) is 85.5 Å². The summed E-state index contributed by atoms with van der Waals surface area (Å²) in [6.07, 6.45) is 8.46. The predicted molar refractivity (Wildman–Crippen MR) is 154 cm³/mol. The highest BCUT2D eigenvalue weighted by atomic mass is 19.1. The number of rotatable bonds is 6. The Hall–Kier alpha value is -4.76. The summed E-state index contributed by atoms with van der Waals surface area (Å²) < 4.78 is 15.6. The van der Waals surface area contributed by atoms with Crippen LogP contribution < -0.4 is 15.5 Å². The van der Waals surface area contributed by atoms with E-state index in [-0.39, 0.29) is 11.6 Å². The van der Waals surface area contributed by atoms with Crippen molar-refractivity contribution >= 4 is 34.1 Å². The highest BCUT2D eigenvalue weighted by Gasteiger charge is 2.31. The van der Waals surface area contributed by atoms with E-state index >= 15 is 4.39 Å². The zero-order valence-electron chi connectivity index (χ0n) is 22.0. The molecule has 4 heterocycles. The largest absolute Gasteiger partial charge is 0.324 e. The van der Waals surface area contributed by atoms with Crippen LogP contribution in [0.2, 0.25) is 0 Å². The molecular formula is C31H28FN7O. The van der Waals surface area contributed by atoms with Gasteiger partial charge >= 0.3 is 0 Å². The van der Waals surface area contributed by atoms with Crippen LogP contribution in [0.25, 0.3) is 22.0 Å². The molecular weight excluding hydrogens is 505 g/mol. The Morgan fingerprint density at radius 1 is 1.05 bits per heavy atom. The fourth-order valence-electron chi connectivity index (χ4n) is 5.18. The molecule has 1 fully saturated rings. The fourth-order valence-corrected chi connectivity index (χ4v) is 5.18. The average molecular weight is 534 g/mol. The molecule has 1 amide bonds. The molecule has 200 valence electrons. The topological polar surface area (TPSA) is 95.9 Å². The molecule has 3 aromatic heterocycles. The van der Waals surface area contributed by atoms with E-state index in [1.165, 1.54) is 12.1 Å². The molecule has 0 spiro atoms. The van der Waals surface area contributed by atoms with Crippen molar-refractivity contribution in [1.82, 2.24) is 25.3 Å². The first kappa shape index (κ1) is 25.5. The van der Waals surface area contributed by atoms with Crippen LogP contribution in [-0.2, 0) is 0 Å². The smallest absolute Gasteiger partial charge is 0.262 e. The van der Waals surface area contributed by atoms with Gasteiger partial charge in [0.15, 0.2) is 0 Å². The van der Waals surface area contributed by atoms with Crippen LogP contribution in [0.4, 0.5) is 21.8 Å². The van der Waals surface area contributed by atoms with Gasteiger partial charge in [0, 0.05) is 48.0 Å². The van der Waals surface area contributed by atoms with Gasteiger partial charge in [0.25, 0.3) is 5.91 Å². The molecule has 0 aliphatic carbocycles. The van der Waals surface area contributed by atoms with Gasteiger partial charge in [-0.25, -0.2) is 19.3 Å². The molecule has 2 N–H and O–H groups in total. The zero-order chi connectivity index (χ0) is 27.5. The number of hydrogen-bond donors (Lipinski definition) is 2. The Labute approximate surface area is 231 Å². The maximum atomic E-state index is 15.6. The second kappa shape index (κ2) is 11.2. The zero-order valence-corrected chi connectivity index (χ0v) is 22.0. The van der Waals surface area contributed by atoms with Crippen molar-refractivity contribution in [1.29, 1.82) is 0 Å². The second-order valence-corrected chi connectivity index (χ2v) is 9.81. The van der Waals surface area contributed by atoms with Gasteiger partial charge in [-0.05, 0) is 79.7 Å². The minimum absolute atomic E-state index is 0.0199. The molecule has 1 aliphatic heterocycles. The first-order valence-corrected chi connectivity index (χ1v) is 13.3. The summed E-state index contributed by atoms with van der Waals surface area (Å²) >= 11 is 0. The Morgan fingerprint density at radius 2 is 1.95 bits per heavy atom. The Morgan fingerprint density at radius 3 is 2.75 bits per heavy atom. The number of nitrogens with one attached hydrogen (secondary N) is 2. The summed E-state index contributed by atoms with van der Waals surface area (Å²) in [5.74, 6) is -0.193. The number of carbonyl (C=O) groups is 1. The number of carbonyl (C=O) groups excluding carboxylic acids is 1. The highest BCUT2D eigenvalue weighted by Crippen LogP contribution is 2.32. The average Bonchev–Trinajstić information content (AvgIpc) is 2.99. The summed E-state index contributed by atoms with van der Waals surface area (Å²) in [5.41, 5.74) is 2.95. The molecule has 0 bridgehead atoms. The minimum atomic E-state index is -0.635. The van der Waals surface area contributed by atoms with Gasteiger partial charge in [0.1, 0.15) is 11.6 Å². The number of amides is 1. The van der Waals surface area contributed by atoms with E-state index < -0.39 is 11.7 Å². The van der Waals surface area contributed by atoms with E-state index in [0.717, 1.165) is 41.3 Å². The van der Waals surface area contributed by atoms with E-state index in [1.807, 2.05) is 43.3 Å². The third-order valence-corrected chi connectivity index (χ3v) is 7.13. The maximum absolute atomic E-state index is 15.6. The van der Waals surface area contributed by atoms with Gasteiger partial charge in [0.05, 0.1) is 17.3 Å². The van der Waals surface area contributed by atoms with Crippen molar-refractivity contribution in [3.63, 3.8) is 0 Å². The van der Waals surface area contributed by atoms with Crippen molar-refractivity contribution in [3.05, 3.63) is 102 Å². The lowest BCUT2D eigenvalue weighted by atomic mass is 10.0. The summed E-state index contributed by atoms with van der Waals surface area (Å²) in [5, 5.41) is 8.31.